The topological polar surface area (TPSA) is 117 Å². The van der Waals surface area contributed by atoms with Gasteiger partial charge in [-0.1, -0.05) is 6.07 Å². The summed E-state index contributed by atoms with van der Waals surface area (Å²) in [4.78, 5) is 17.9. The first kappa shape index (κ1) is 24.5. The van der Waals surface area contributed by atoms with E-state index in [1.807, 2.05) is 58.1 Å². The Kier molecular flexibility index (Phi) is 6.40. The van der Waals surface area contributed by atoms with Crippen LogP contribution in [-0.4, -0.2) is 40.4 Å². The fourth-order valence-corrected chi connectivity index (χ4v) is 5.38. The van der Waals surface area contributed by atoms with Gasteiger partial charge < -0.3 is 19.9 Å². The van der Waals surface area contributed by atoms with Crippen LogP contribution in [0.5, 0.6) is 0 Å². The number of anilines is 2. The van der Waals surface area contributed by atoms with E-state index in [1.54, 1.807) is 42.6 Å². The predicted octanol–water partition coefficient (Wildman–Crippen LogP) is 4.12. The van der Waals surface area contributed by atoms with E-state index in [0.717, 1.165) is 29.0 Å². The van der Waals surface area contributed by atoms with Crippen LogP contribution in [0.2, 0.25) is 0 Å². The highest BCUT2D eigenvalue weighted by molar-refractivity contribution is 7.92. The fraction of sp³-hybridized carbons (Fsp3) is 0.115. The summed E-state index contributed by atoms with van der Waals surface area (Å²) >= 11 is 5.78. The van der Waals surface area contributed by atoms with E-state index in [2.05, 4.69) is 15.0 Å². The van der Waals surface area contributed by atoms with Crippen LogP contribution in [0.1, 0.15) is 33.8 Å². The normalized spacial score (nSPS) is 17.4. The molecule has 11 heteroatoms. The molecule has 3 N–H and O–H groups in total. The summed E-state index contributed by atoms with van der Waals surface area (Å²) in [7, 11) is -3.41. The monoisotopic (exact) mass is 533 g/mol. The van der Waals surface area contributed by atoms with Crippen LogP contribution >= 0.6 is 12.2 Å². The van der Waals surface area contributed by atoms with E-state index in [0.29, 0.717) is 10.8 Å². The second-order valence-electron chi connectivity index (χ2n) is 8.57. The van der Waals surface area contributed by atoms with Gasteiger partial charge in [0.25, 0.3) is 0 Å². The van der Waals surface area contributed by atoms with Crippen LogP contribution in [0.15, 0.2) is 91.3 Å². The number of aromatic carboxylic acids is 1. The number of aromatic nitrogens is 2. The number of sulfonamides is 1. The highest BCUT2D eigenvalue weighted by atomic mass is 32.2. The van der Waals surface area contributed by atoms with E-state index < -0.39 is 16.0 Å². The van der Waals surface area contributed by atoms with E-state index in [1.165, 1.54) is 0 Å². The molecule has 188 valence electrons. The largest absolute Gasteiger partial charge is 0.478 e. The smallest absolute Gasteiger partial charge is 0.335 e. The number of carbonyl (C=O) groups is 1. The zero-order chi connectivity index (χ0) is 26.2. The summed E-state index contributed by atoms with van der Waals surface area (Å²) in [5, 5.41) is 13.2. The molecule has 2 aromatic carbocycles. The Morgan fingerprint density at radius 2 is 1.70 bits per heavy atom. The number of benzene rings is 2. The molecule has 1 aliphatic heterocycles. The first-order valence-corrected chi connectivity index (χ1v) is 13.6. The van der Waals surface area contributed by atoms with Gasteiger partial charge in [0, 0.05) is 35.1 Å². The Morgan fingerprint density at radius 3 is 2.32 bits per heavy atom. The van der Waals surface area contributed by atoms with Gasteiger partial charge in [-0.25, -0.2) is 13.2 Å². The van der Waals surface area contributed by atoms with Gasteiger partial charge in [0.05, 0.1) is 23.6 Å². The quantitative estimate of drug-likeness (QED) is 0.304. The predicted molar refractivity (Wildman–Crippen MR) is 146 cm³/mol. The number of rotatable bonds is 7. The molecule has 2 aromatic heterocycles. The van der Waals surface area contributed by atoms with Crippen molar-refractivity contribution in [2.45, 2.75) is 12.1 Å². The Morgan fingerprint density at radius 1 is 1.00 bits per heavy atom. The lowest BCUT2D eigenvalue weighted by Crippen LogP contribution is -2.30. The van der Waals surface area contributed by atoms with Gasteiger partial charge in [-0.2, -0.15) is 0 Å². The summed E-state index contributed by atoms with van der Waals surface area (Å²) in [6, 6.07) is 22.7. The average Bonchev–Trinajstić information content (AvgIpc) is 3.48. The van der Waals surface area contributed by atoms with Crippen molar-refractivity contribution in [3.05, 3.63) is 108 Å². The summed E-state index contributed by atoms with van der Waals surface area (Å²) in [6.45, 7) is 0. The van der Waals surface area contributed by atoms with Gasteiger partial charge in [-0.15, -0.1) is 0 Å². The van der Waals surface area contributed by atoms with Gasteiger partial charge in [0.2, 0.25) is 10.0 Å². The van der Waals surface area contributed by atoms with Crippen LogP contribution in [0, 0.1) is 0 Å². The maximum absolute atomic E-state index is 11.6. The minimum absolute atomic E-state index is 0.206. The maximum atomic E-state index is 11.6. The van der Waals surface area contributed by atoms with E-state index in [9.17, 15) is 18.3 Å². The highest BCUT2D eigenvalue weighted by Crippen LogP contribution is 2.42. The lowest BCUT2D eigenvalue weighted by molar-refractivity contribution is 0.0697. The van der Waals surface area contributed by atoms with Crippen molar-refractivity contribution < 1.29 is 18.3 Å². The Bertz CT molecular complexity index is 1550. The van der Waals surface area contributed by atoms with Crippen molar-refractivity contribution >= 4 is 44.7 Å². The number of nitrogens with zero attached hydrogens (tertiary/aromatic N) is 3. The molecule has 0 unspecified atom stereocenters. The molecule has 1 fully saturated rings. The second-order valence-corrected chi connectivity index (χ2v) is 10.7. The van der Waals surface area contributed by atoms with Crippen molar-refractivity contribution in [2.75, 3.05) is 15.9 Å². The molecule has 5 rings (SSSR count). The minimum atomic E-state index is -3.41. The van der Waals surface area contributed by atoms with Crippen LogP contribution in [0.25, 0.3) is 5.69 Å². The van der Waals surface area contributed by atoms with Crippen molar-refractivity contribution in [3.8, 4) is 5.69 Å². The Balaban J connectivity index is 1.59. The molecular weight excluding hydrogens is 510 g/mol. The number of pyridine rings is 1. The minimum Gasteiger partial charge on any atom is -0.478 e. The lowest BCUT2D eigenvalue weighted by Gasteiger charge is -2.29. The van der Waals surface area contributed by atoms with Gasteiger partial charge in [0.15, 0.2) is 5.11 Å². The lowest BCUT2D eigenvalue weighted by atomic mass is 10.0. The molecule has 0 aliphatic carbocycles. The molecule has 9 nitrogen and oxygen atoms in total. The van der Waals surface area contributed by atoms with Crippen LogP contribution in [0.3, 0.4) is 0 Å². The second kappa shape index (κ2) is 9.68. The van der Waals surface area contributed by atoms with Gasteiger partial charge in [-0.05, 0) is 85.0 Å². The Hall–Kier alpha value is -4.22. The number of thiocarbonyl (C=S) groups is 1. The van der Waals surface area contributed by atoms with Gasteiger partial charge in [0.1, 0.15) is 6.04 Å². The first-order chi connectivity index (χ1) is 17.7. The summed E-state index contributed by atoms with van der Waals surface area (Å²) in [6.07, 6.45) is 4.75. The highest BCUT2D eigenvalue weighted by Gasteiger charge is 2.42. The van der Waals surface area contributed by atoms with Crippen molar-refractivity contribution in [3.63, 3.8) is 0 Å². The molecule has 0 saturated carbocycles. The summed E-state index contributed by atoms with van der Waals surface area (Å²) < 4.78 is 27.7. The molecular formula is C26H23N5O4S2. The molecule has 4 aromatic rings. The molecule has 2 atom stereocenters. The number of hydrogen-bond acceptors (Lipinski definition) is 5. The molecule has 0 bridgehead atoms. The van der Waals surface area contributed by atoms with Crippen molar-refractivity contribution in [1.29, 1.82) is 0 Å². The van der Waals surface area contributed by atoms with Crippen LogP contribution < -0.4 is 14.9 Å². The fourth-order valence-electron chi connectivity index (χ4n) is 4.47. The molecule has 1 saturated heterocycles. The maximum Gasteiger partial charge on any atom is 0.335 e. The number of nitrogens with one attached hydrogen (secondary N) is 2. The van der Waals surface area contributed by atoms with Gasteiger partial charge >= 0.3 is 5.97 Å². The number of carboxylic acid groups (broad SMARTS) is 1. The summed E-state index contributed by atoms with van der Waals surface area (Å²) in [5.74, 6) is -0.986. The standard InChI is InChI=1S/C26H23N5O4S2/c1-37(34,35)29-18-9-13-20(14-10-18)31-24(23(28-26(31)36)21-5-2-3-15-27-21)22-6-4-16-30(22)19-11-7-17(8-12-19)25(32)33/h2-16,23-24,29H,1H3,(H,28,36)(H,32,33)/t23-,24-/m0/s1. The third-order valence-electron chi connectivity index (χ3n) is 6.02. The molecule has 1 aliphatic rings. The SMILES string of the molecule is CS(=O)(=O)Nc1ccc(N2C(=S)N[C@@H](c3ccccn3)[C@@H]2c2cccn2-c2ccc(C(=O)O)cc2)cc1. The Labute approximate surface area is 219 Å². The molecule has 0 spiro atoms. The molecule has 0 amide bonds. The summed E-state index contributed by atoms with van der Waals surface area (Å²) in [5.41, 5.74) is 3.94. The molecule has 0 radical (unpaired) electrons. The average molecular weight is 534 g/mol. The van der Waals surface area contributed by atoms with Crippen LogP contribution in [-0.2, 0) is 10.0 Å². The first-order valence-electron chi connectivity index (χ1n) is 11.3. The third kappa shape index (κ3) is 5.04. The zero-order valence-electron chi connectivity index (χ0n) is 19.6. The number of carboxylic acids is 1. The van der Waals surface area contributed by atoms with Gasteiger partial charge in [-0.3, -0.25) is 9.71 Å². The number of hydrogen-bond donors (Lipinski definition) is 3. The molecule has 3 heterocycles. The van der Waals surface area contributed by atoms with Crippen molar-refractivity contribution in [1.82, 2.24) is 14.9 Å². The molecule has 37 heavy (non-hydrogen) atoms. The van der Waals surface area contributed by atoms with Crippen LogP contribution in [0.4, 0.5) is 11.4 Å². The van der Waals surface area contributed by atoms with E-state index in [4.69, 9.17) is 12.2 Å². The van der Waals surface area contributed by atoms with E-state index >= 15 is 0 Å². The third-order valence-corrected chi connectivity index (χ3v) is 6.94. The van der Waals surface area contributed by atoms with E-state index in [-0.39, 0.29) is 17.6 Å². The zero-order valence-corrected chi connectivity index (χ0v) is 21.3. The van der Waals surface area contributed by atoms with Crippen molar-refractivity contribution in [2.24, 2.45) is 0 Å².